The molecule has 4 heterocycles. The molecule has 0 radical (unpaired) electrons. The van der Waals surface area contributed by atoms with Crippen LogP contribution in [0.4, 0.5) is 4.39 Å². The molecular formula is C30H30FN5O4S. The number of benzene rings is 1. The summed E-state index contributed by atoms with van der Waals surface area (Å²) in [6.07, 6.45) is 10.7. The lowest BCUT2D eigenvalue weighted by Gasteiger charge is -2.29. The van der Waals surface area contributed by atoms with Crippen molar-refractivity contribution in [1.29, 1.82) is 5.26 Å². The van der Waals surface area contributed by atoms with Gasteiger partial charge in [0.05, 0.1) is 36.3 Å². The summed E-state index contributed by atoms with van der Waals surface area (Å²) in [4.78, 5) is 23.5. The number of nitriles is 1. The van der Waals surface area contributed by atoms with Crippen molar-refractivity contribution in [2.24, 2.45) is 4.99 Å². The van der Waals surface area contributed by atoms with E-state index in [1.165, 1.54) is 29.0 Å². The van der Waals surface area contributed by atoms with Crippen molar-refractivity contribution >= 4 is 34.4 Å². The van der Waals surface area contributed by atoms with Gasteiger partial charge in [-0.05, 0) is 50.3 Å². The van der Waals surface area contributed by atoms with E-state index in [9.17, 15) is 14.3 Å². The van der Waals surface area contributed by atoms with E-state index in [-0.39, 0.29) is 24.2 Å². The maximum atomic E-state index is 14.1. The molecule has 2 aliphatic heterocycles. The van der Waals surface area contributed by atoms with Crippen molar-refractivity contribution in [3.05, 3.63) is 87.7 Å². The molecule has 3 aromatic rings. The number of ether oxygens (including phenoxy) is 2. The number of carboxylic acid groups (broad SMARTS) is 1. The number of carboxylic acids is 1. The second-order valence-corrected chi connectivity index (χ2v) is 10.9. The normalized spacial score (nSPS) is 17.8. The smallest absolute Gasteiger partial charge is 0.346 e. The van der Waals surface area contributed by atoms with Crippen LogP contribution in [0.2, 0.25) is 0 Å². The Bertz CT molecular complexity index is 1580. The first-order valence-electron chi connectivity index (χ1n) is 13.3. The zero-order chi connectivity index (χ0) is 28.8. The van der Waals surface area contributed by atoms with Crippen molar-refractivity contribution in [3.8, 4) is 6.07 Å². The van der Waals surface area contributed by atoms with Crippen molar-refractivity contribution in [1.82, 2.24) is 14.5 Å². The Labute approximate surface area is 241 Å². The van der Waals surface area contributed by atoms with Crippen LogP contribution in [-0.2, 0) is 29.2 Å². The van der Waals surface area contributed by atoms with Crippen LogP contribution in [0.3, 0.4) is 0 Å². The second-order valence-electron chi connectivity index (χ2n) is 9.88. The predicted molar refractivity (Wildman–Crippen MR) is 154 cm³/mol. The number of fused-ring (bicyclic) bond motifs is 1. The summed E-state index contributed by atoms with van der Waals surface area (Å²) in [6, 6.07) is 7.87. The molecule has 2 aromatic heterocycles. The van der Waals surface area contributed by atoms with Crippen LogP contribution in [-0.4, -0.2) is 58.0 Å². The highest BCUT2D eigenvalue weighted by Crippen LogP contribution is 2.29. The molecule has 0 bridgehead atoms. The molecule has 0 saturated carbocycles. The van der Waals surface area contributed by atoms with Crippen LogP contribution in [0, 0.1) is 17.1 Å². The number of carbonyl (C=O) groups is 1. The maximum absolute atomic E-state index is 14.1. The Kier molecular flexibility index (Phi) is 9.04. The summed E-state index contributed by atoms with van der Waals surface area (Å²) in [5, 5.41) is 18.3. The number of hydrogen-bond donors (Lipinski definition) is 1. The molecule has 1 unspecified atom stereocenters. The molecule has 0 amide bonds. The molecule has 5 rings (SSSR count). The molecule has 212 valence electrons. The molecule has 2 aliphatic rings. The fourth-order valence-electron chi connectivity index (χ4n) is 4.71. The summed E-state index contributed by atoms with van der Waals surface area (Å²) < 4.78 is 27.4. The number of thiophene rings is 1. The van der Waals surface area contributed by atoms with Gasteiger partial charge in [0.25, 0.3) is 0 Å². The summed E-state index contributed by atoms with van der Waals surface area (Å²) in [5.41, 5.74) is 2.79. The lowest BCUT2D eigenvalue weighted by atomic mass is 10.0. The number of aliphatic imine (C=N–C) groups is 1. The van der Waals surface area contributed by atoms with Gasteiger partial charge < -0.3 is 19.1 Å². The van der Waals surface area contributed by atoms with E-state index in [2.05, 4.69) is 27.3 Å². The Morgan fingerprint density at radius 1 is 1.41 bits per heavy atom. The molecule has 11 heteroatoms. The molecule has 1 aromatic carbocycles. The highest BCUT2D eigenvalue weighted by atomic mass is 32.1. The third-order valence-electron chi connectivity index (χ3n) is 7.14. The molecular weight excluding hydrogens is 545 g/mol. The Balaban J connectivity index is 1.14. The summed E-state index contributed by atoms with van der Waals surface area (Å²) in [5.74, 6) is -0.204. The van der Waals surface area contributed by atoms with Crippen LogP contribution >= 0.6 is 11.3 Å². The number of nitrogens with zero attached hydrogens (tertiary/aromatic N) is 5. The third-order valence-corrected chi connectivity index (χ3v) is 8.14. The minimum atomic E-state index is -0.928. The van der Waals surface area contributed by atoms with Crippen molar-refractivity contribution in [3.63, 3.8) is 0 Å². The Morgan fingerprint density at radius 3 is 2.93 bits per heavy atom. The molecule has 41 heavy (non-hydrogen) atoms. The van der Waals surface area contributed by atoms with Crippen molar-refractivity contribution < 1.29 is 23.8 Å². The van der Waals surface area contributed by atoms with E-state index < -0.39 is 11.8 Å². The number of allylic oxidation sites excluding steroid dienone is 3. The second kappa shape index (κ2) is 13.0. The third kappa shape index (κ3) is 6.97. The van der Waals surface area contributed by atoms with Crippen LogP contribution in [0.25, 0.3) is 10.3 Å². The summed E-state index contributed by atoms with van der Waals surface area (Å²) in [6.45, 7) is 7.34. The largest absolute Gasteiger partial charge is 0.477 e. The van der Waals surface area contributed by atoms with Crippen LogP contribution in [0.5, 0.6) is 0 Å². The van der Waals surface area contributed by atoms with Gasteiger partial charge in [-0.25, -0.2) is 19.2 Å². The number of rotatable bonds is 12. The van der Waals surface area contributed by atoms with Gasteiger partial charge in [0.15, 0.2) is 0 Å². The Hall–Kier alpha value is -4.11. The molecule has 0 spiro atoms. The standard InChI is InChI=1S/C30H30FN5O4S/c1-33-28(40-19-22-7-6-21(16-32)14-24(22)31)5-3-2-4-20-8-11-35(12-9-20)18-27-34-29-25(15-26(41-29)30(37)38)36(27)17-23-10-13-39-23/h2-3,5-8,14-15,23H,1,4,9-13,17-19H2,(H,37,38)/b3-2-,28-5+. The van der Waals surface area contributed by atoms with Gasteiger partial charge in [-0.2, -0.15) is 5.26 Å². The molecule has 0 aliphatic carbocycles. The first kappa shape index (κ1) is 28.4. The van der Waals surface area contributed by atoms with Gasteiger partial charge in [0.1, 0.15) is 28.0 Å². The van der Waals surface area contributed by atoms with Gasteiger partial charge >= 0.3 is 5.97 Å². The van der Waals surface area contributed by atoms with Crippen molar-refractivity contribution in [2.45, 2.75) is 45.1 Å². The first-order valence-corrected chi connectivity index (χ1v) is 14.1. The quantitative estimate of drug-likeness (QED) is 0.133. The molecule has 1 saturated heterocycles. The Morgan fingerprint density at radius 2 is 2.27 bits per heavy atom. The number of aromatic nitrogens is 2. The number of hydrogen-bond acceptors (Lipinski definition) is 8. The summed E-state index contributed by atoms with van der Waals surface area (Å²) >= 11 is 1.21. The molecule has 1 N–H and O–H groups in total. The highest BCUT2D eigenvalue weighted by molar-refractivity contribution is 7.20. The monoisotopic (exact) mass is 575 g/mol. The number of aromatic carboxylic acids is 1. The van der Waals surface area contributed by atoms with E-state index in [0.29, 0.717) is 23.5 Å². The average Bonchev–Trinajstić information content (AvgIpc) is 3.50. The first-order chi connectivity index (χ1) is 19.9. The fourth-order valence-corrected chi connectivity index (χ4v) is 5.60. The molecule has 1 atom stereocenters. The van der Waals surface area contributed by atoms with E-state index in [4.69, 9.17) is 19.7 Å². The highest BCUT2D eigenvalue weighted by Gasteiger charge is 2.25. The van der Waals surface area contributed by atoms with E-state index in [1.54, 1.807) is 18.2 Å². The molecule has 1 fully saturated rings. The van der Waals surface area contributed by atoms with E-state index in [0.717, 1.165) is 55.1 Å². The SMILES string of the molecule is C=N/C(=C\C=C/CC1=CCN(Cc2nc3sc(C(=O)O)cc3n2CC2CCO2)CC1)OCc1ccc(C#N)cc1F. The minimum Gasteiger partial charge on any atom is -0.477 e. The van der Waals surface area contributed by atoms with Gasteiger partial charge in [0, 0.05) is 25.3 Å². The van der Waals surface area contributed by atoms with Gasteiger partial charge in [-0.1, -0.05) is 29.9 Å². The number of imidazole rings is 1. The maximum Gasteiger partial charge on any atom is 0.346 e. The number of halogens is 1. The molecule has 9 nitrogen and oxygen atoms in total. The van der Waals surface area contributed by atoms with Crippen LogP contribution in [0.1, 0.15) is 45.9 Å². The topological polar surface area (TPSA) is 113 Å². The zero-order valence-electron chi connectivity index (χ0n) is 22.5. The van der Waals surface area contributed by atoms with Gasteiger partial charge in [-0.3, -0.25) is 4.90 Å². The lowest BCUT2D eigenvalue weighted by Crippen LogP contribution is -2.33. The van der Waals surface area contributed by atoms with Crippen LogP contribution in [0.15, 0.2) is 65.0 Å². The van der Waals surface area contributed by atoms with Gasteiger partial charge in [0.2, 0.25) is 5.88 Å². The van der Waals surface area contributed by atoms with Gasteiger partial charge in [-0.15, -0.1) is 11.3 Å². The summed E-state index contributed by atoms with van der Waals surface area (Å²) in [7, 11) is 0. The minimum absolute atomic E-state index is 0.0121. The van der Waals surface area contributed by atoms with E-state index in [1.807, 2.05) is 18.2 Å². The van der Waals surface area contributed by atoms with E-state index >= 15 is 0 Å². The fraction of sp³-hybridized carbons (Fsp3) is 0.333. The zero-order valence-corrected chi connectivity index (χ0v) is 23.3. The average molecular weight is 576 g/mol. The van der Waals surface area contributed by atoms with Crippen molar-refractivity contribution in [2.75, 3.05) is 19.7 Å². The lowest BCUT2D eigenvalue weighted by molar-refractivity contribution is -0.0591. The predicted octanol–water partition coefficient (Wildman–Crippen LogP) is 5.43. The van der Waals surface area contributed by atoms with Crippen LogP contribution < -0.4 is 0 Å².